The predicted octanol–water partition coefficient (Wildman–Crippen LogP) is 10.2. The van der Waals surface area contributed by atoms with Crippen LogP contribution >= 0.6 is 47.9 Å². The average Bonchev–Trinajstić information content (AvgIpc) is 3.41. The van der Waals surface area contributed by atoms with Crippen LogP contribution in [-0.2, 0) is 0 Å². The molecule has 0 saturated heterocycles. The van der Waals surface area contributed by atoms with Gasteiger partial charge in [0.15, 0.2) is 0 Å². The lowest BCUT2D eigenvalue weighted by Crippen LogP contribution is -2.48. The molecule has 0 spiro atoms. The summed E-state index contributed by atoms with van der Waals surface area (Å²) in [5.41, 5.74) is -2.05. The Kier molecular flexibility index (Phi) is 6.41. The van der Waals surface area contributed by atoms with E-state index >= 15 is 17.6 Å². The first-order chi connectivity index (χ1) is 17.3. The number of allylic oxidation sites excluding steroid dienone is 2. The quantitative estimate of drug-likeness (QED) is 0.173. The number of thiol groups is 2. The first kappa shape index (κ1) is 26.5. The molecule has 5 rings (SSSR count). The average molecular weight is 585 g/mol. The second kappa shape index (κ2) is 8.97. The summed E-state index contributed by atoms with van der Waals surface area (Å²) in [5, 5.41) is 0. The molecule has 2 aromatic heterocycles. The van der Waals surface area contributed by atoms with Crippen molar-refractivity contribution in [1.29, 1.82) is 0 Å². The molecule has 0 saturated carbocycles. The Morgan fingerprint density at radius 2 is 0.973 bits per heavy atom. The van der Waals surface area contributed by atoms with Crippen LogP contribution in [0.2, 0.25) is 0 Å². The summed E-state index contributed by atoms with van der Waals surface area (Å²) in [4.78, 5) is 2.66. The van der Waals surface area contributed by atoms with E-state index in [2.05, 4.69) is 25.3 Å². The summed E-state index contributed by atoms with van der Waals surface area (Å²) >= 11 is 10.7. The highest BCUT2D eigenvalue weighted by atomic mass is 32.1. The van der Waals surface area contributed by atoms with Crippen molar-refractivity contribution in [3.05, 3.63) is 81.5 Å². The van der Waals surface area contributed by atoms with Crippen molar-refractivity contribution in [3.8, 4) is 20.9 Å². The lowest BCUT2D eigenvalue weighted by Gasteiger charge is -2.25. The first-order valence-electron chi connectivity index (χ1n) is 10.9. The van der Waals surface area contributed by atoms with Crippen molar-refractivity contribution in [3.63, 3.8) is 0 Å². The fourth-order valence-corrected chi connectivity index (χ4v) is 6.99. The lowest BCUT2D eigenvalue weighted by atomic mass is 9.94. The molecule has 0 unspecified atom stereocenters. The summed E-state index contributed by atoms with van der Waals surface area (Å²) < 4.78 is 91.2. The molecule has 0 N–H and O–H groups in total. The van der Waals surface area contributed by atoms with Crippen LogP contribution < -0.4 is 0 Å². The van der Waals surface area contributed by atoms with Crippen LogP contribution in [0.15, 0.2) is 70.5 Å². The van der Waals surface area contributed by atoms with E-state index in [1.807, 2.05) is 0 Å². The van der Waals surface area contributed by atoms with Crippen molar-refractivity contribution in [2.75, 3.05) is 0 Å². The van der Waals surface area contributed by atoms with Gasteiger partial charge in [0.25, 0.3) is 0 Å². The number of benzene rings is 2. The lowest BCUT2D eigenvalue weighted by molar-refractivity contribution is -0.254. The van der Waals surface area contributed by atoms with Gasteiger partial charge in [0.1, 0.15) is 0 Å². The van der Waals surface area contributed by atoms with E-state index in [-0.39, 0.29) is 20.9 Å². The van der Waals surface area contributed by atoms with Gasteiger partial charge in [0.05, 0.1) is 0 Å². The van der Waals surface area contributed by atoms with E-state index in [1.165, 1.54) is 26.0 Å². The zero-order chi connectivity index (χ0) is 26.9. The third-order valence-electron chi connectivity index (χ3n) is 6.30. The van der Waals surface area contributed by atoms with E-state index < -0.39 is 28.9 Å². The summed E-state index contributed by atoms with van der Waals surface area (Å²) in [6.07, 6.45) is 0. The standard InChI is InChI=1S/C27H18F6S4/c1-13-19(11-21(36-13)15-5-3-7-17(34)9-15)23-24(26(30,31)27(32,33)25(23,28)29)20-12-22(37-14(20)2)16-6-4-8-18(35)10-16/h3-12,34-35H,1-2H3. The Labute approximate surface area is 228 Å². The van der Waals surface area contributed by atoms with Crippen molar-refractivity contribution in [2.45, 2.75) is 41.4 Å². The van der Waals surface area contributed by atoms with Crippen LogP contribution in [0.3, 0.4) is 0 Å². The topological polar surface area (TPSA) is 0 Å². The van der Waals surface area contributed by atoms with Crippen molar-refractivity contribution >= 4 is 59.1 Å². The highest BCUT2D eigenvalue weighted by Crippen LogP contribution is 2.66. The summed E-state index contributed by atoms with van der Waals surface area (Å²) in [5.74, 6) is -15.8. The van der Waals surface area contributed by atoms with Crippen LogP contribution in [0.5, 0.6) is 0 Å². The van der Waals surface area contributed by atoms with Crippen LogP contribution in [0, 0.1) is 13.8 Å². The van der Waals surface area contributed by atoms with Crippen LogP contribution in [0.25, 0.3) is 32.0 Å². The molecule has 0 bridgehead atoms. The van der Waals surface area contributed by atoms with Crippen LogP contribution in [0.1, 0.15) is 20.9 Å². The highest BCUT2D eigenvalue weighted by Gasteiger charge is 2.80. The highest BCUT2D eigenvalue weighted by molar-refractivity contribution is 7.80. The number of thiophene rings is 2. The minimum atomic E-state index is -5.61. The third kappa shape index (κ3) is 4.07. The molecule has 1 aliphatic rings. The molecule has 0 fully saturated rings. The maximum Gasteiger partial charge on any atom is 0.380 e. The summed E-state index contributed by atoms with van der Waals surface area (Å²) in [6, 6.07) is 16.2. The van der Waals surface area contributed by atoms with Gasteiger partial charge in [-0.1, -0.05) is 24.3 Å². The number of hydrogen-bond acceptors (Lipinski definition) is 4. The van der Waals surface area contributed by atoms with E-state index in [4.69, 9.17) is 0 Å². The molecule has 0 atom stereocenters. The van der Waals surface area contributed by atoms with E-state index in [0.29, 0.717) is 30.7 Å². The van der Waals surface area contributed by atoms with Crippen LogP contribution in [-0.4, -0.2) is 17.8 Å². The van der Waals surface area contributed by atoms with E-state index in [1.54, 1.807) is 48.5 Å². The molecule has 0 nitrogen and oxygen atoms in total. The maximum atomic E-state index is 15.4. The number of halogens is 6. The largest absolute Gasteiger partial charge is 0.380 e. The van der Waals surface area contributed by atoms with Crippen molar-refractivity contribution < 1.29 is 26.3 Å². The number of rotatable bonds is 4. The molecule has 1 aliphatic carbocycles. The maximum absolute atomic E-state index is 15.4. The van der Waals surface area contributed by atoms with Gasteiger partial charge in [0, 0.05) is 40.4 Å². The Balaban J connectivity index is 1.78. The normalized spacial score (nSPS) is 18.0. The minimum absolute atomic E-state index is 0.233. The van der Waals surface area contributed by atoms with Gasteiger partial charge in [-0.3, -0.25) is 0 Å². The van der Waals surface area contributed by atoms with Crippen molar-refractivity contribution in [2.24, 2.45) is 0 Å². The predicted molar refractivity (Wildman–Crippen MR) is 145 cm³/mol. The Hall–Kier alpha value is -2.14. The van der Waals surface area contributed by atoms with Gasteiger partial charge in [-0.15, -0.1) is 47.9 Å². The Morgan fingerprint density at radius 3 is 1.32 bits per heavy atom. The number of aryl methyl sites for hydroxylation is 2. The molecular formula is C27H18F6S4. The van der Waals surface area contributed by atoms with Gasteiger partial charge in [-0.05, 0) is 72.5 Å². The molecule has 2 heterocycles. The molecule has 2 aromatic carbocycles. The molecule has 0 aliphatic heterocycles. The van der Waals surface area contributed by atoms with Gasteiger partial charge >= 0.3 is 17.8 Å². The molecule has 192 valence electrons. The fourth-order valence-electron chi connectivity index (χ4n) is 4.50. The smallest absolute Gasteiger partial charge is 0.194 e. The Bertz CT molecular complexity index is 1450. The monoisotopic (exact) mass is 584 g/mol. The zero-order valence-electron chi connectivity index (χ0n) is 19.3. The molecule has 0 radical (unpaired) electrons. The summed E-state index contributed by atoms with van der Waals surface area (Å²) in [7, 11) is 0. The fraction of sp³-hybridized carbons (Fsp3) is 0.185. The molecule has 10 heteroatoms. The van der Waals surface area contributed by atoms with Crippen molar-refractivity contribution in [1.82, 2.24) is 0 Å². The number of alkyl halides is 6. The van der Waals surface area contributed by atoms with E-state index in [9.17, 15) is 8.78 Å². The number of hydrogen-bond donors (Lipinski definition) is 2. The molecule has 0 amide bonds. The van der Waals surface area contributed by atoms with Gasteiger partial charge < -0.3 is 0 Å². The Morgan fingerprint density at radius 1 is 0.595 bits per heavy atom. The zero-order valence-corrected chi connectivity index (χ0v) is 22.7. The molecule has 37 heavy (non-hydrogen) atoms. The second-order valence-corrected chi connectivity index (χ2v) is 12.3. The van der Waals surface area contributed by atoms with Gasteiger partial charge in [-0.25, -0.2) is 0 Å². The first-order valence-corrected chi connectivity index (χ1v) is 13.5. The van der Waals surface area contributed by atoms with Gasteiger partial charge in [0.2, 0.25) is 0 Å². The molecule has 4 aromatic rings. The van der Waals surface area contributed by atoms with Gasteiger partial charge in [-0.2, -0.15) is 26.3 Å². The third-order valence-corrected chi connectivity index (χ3v) is 9.06. The minimum Gasteiger partial charge on any atom is -0.194 e. The van der Waals surface area contributed by atoms with E-state index in [0.717, 1.165) is 22.7 Å². The SMILES string of the molecule is Cc1sc(-c2cccc(S)c2)cc1C1=C(c2cc(-c3cccc(S)c3)sc2C)C(F)(F)C(F)(F)C1(F)F. The second-order valence-electron chi connectivity index (χ2n) is 8.73. The summed E-state index contributed by atoms with van der Waals surface area (Å²) in [6.45, 7) is 2.93. The van der Waals surface area contributed by atoms with Crippen LogP contribution in [0.4, 0.5) is 26.3 Å². The molecular weight excluding hydrogens is 567 g/mol.